The van der Waals surface area contributed by atoms with Crippen molar-refractivity contribution in [2.75, 3.05) is 44.2 Å². The molecule has 7 nitrogen and oxygen atoms in total. The molecule has 0 spiro atoms. The molecule has 2 aliphatic heterocycles. The van der Waals surface area contributed by atoms with Gasteiger partial charge in [0.25, 0.3) is 0 Å². The highest BCUT2D eigenvalue weighted by molar-refractivity contribution is 5.97. The predicted octanol–water partition coefficient (Wildman–Crippen LogP) is 1.97. The molecule has 10 heteroatoms. The van der Waals surface area contributed by atoms with Gasteiger partial charge in [-0.3, -0.25) is 9.78 Å². The van der Waals surface area contributed by atoms with Gasteiger partial charge in [-0.1, -0.05) is 0 Å². The van der Waals surface area contributed by atoms with Crippen molar-refractivity contribution >= 4 is 22.5 Å². The van der Waals surface area contributed by atoms with E-state index in [2.05, 4.69) is 21.7 Å². The molecule has 2 N–H and O–H groups in total. The normalized spacial score (nSPS) is 29.4. The minimum atomic E-state index is -4.51. The van der Waals surface area contributed by atoms with Crippen molar-refractivity contribution in [2.24, 2.45) is 10.8 Å². The van der Waals surface area contributed by atoms with Crippen molar-refractivity contribution in [1.29, 1.82) is 5.26 Å². The molecule has 1 aromatic heterocycles. The maximum Gasteiger partial charge on any atom is 0.397 e. The largest absolute Gasteiger partial charge is 0.397 e. The first kappa shape index (κ1) is 21.0. The van der Waals surface area contributed by atoms with E-state index < -0.39 is 22.9 Å². The minimum absolute atomic E-state index is 0.0436. The minimum Gasteiger partial charge on any atom is -0.374 e. The van der Waals surface area contributed by atoms with Gasteiger partial charge < -0.3 is 20.3 Å². The van der Waals surface area contributed by atoms with Crippen molar-refractivity contribution in [2.45, 2.75) is 18.7 Å². The molecule has 1 aliphatic carbocycles. The molecule has 1 aromatic carbocycles. The Bertz CT molecular complexity index is 1110. The fraction of sp³-hybridized carbons (Fsp3) is 0.500. The summed E-state index contributed by atoms with van der Waals surface area (Å²) in [6.07, 6.45) is -3.44. The molecule has 2 aromatic rings. The summed E-state index contributed by atoms with van der Waals surface area (Å²) in [5.41, 5.74) is -2.27. The molecular formula is C22H22F3N5O2. The van der Waals surface area contributed by atoms with Crippen LogP contribution < -0.4 is 15.5 Å². The van der Waals surface area contributed by atoms with Crippen LogP contribution in [0.1, 0.15) is 12.0 Å². The number of hydrogen-bond donors (Lipinski definition) is 2. The van der Waals surface area contributed by atoms with Crippen molar-refractivity contribution in [3.05, 3.63) is 36.0 Å². The van der Waals surface area contributed by atoms with Crippen LogP contribution in [0.3, 0.4) is 0 Å². The van der Waals surface area contributed by atoms with E-state index >= 15 is 0 Å². The molecule has 1 saturated carbocycles. The number of nitrogens with one attached hydrogen (secondary N) is 2. The number of hydrogen-bond acceptors (Lipinski definition) is 6. The fourth-order valence-corrected chi connectivity index (χ4v) is 5.24. The summed E-state index contributed by atoms with van der Waals surface area (Å²) in [4.78, 5) is 18.9. The monoisotopic (exact) mass is 445 g/mol. The molecule has 32 heavy (non-hydrogen) atoms. The molecule has 3 fully saturated rings. The first-order chi connectivity index (χ1) is 15.3. The quantitative estimate of drug-likeness (QED) is 0.748. The Morgan fingerprint density at radius 2 is 2.22 bits per heavy atom. The lowest BCUT2D eigenvalue weighted by molar-refractivity contribution is -0.191. The molecule has 1 amide bonds. The number of piperidine rings is 1. The van der Waals surface area contributed by atoms with Crippen LogP contribution in [0, 0.1) is 22.2 Å². The summed E-state index contributed by atoms with van der Waals surface area (Å²) in [5.74, 6) is -0.581. The maximum atomic E-state index is 14.2. The van der Waals surface area contributed by atoms with E-state index in [-0.39, 0.29) is 32.2 Å². The summed E-state index contributed by atoms with van der Waals surface area (Å²) < 4.78 is 48.2. The lowest BCUT2D eigenvalue weighted by Crippen LogP contribution is -2.48. The number of carbonyl (C=O) groups is 1. The SMILES string of the molecule is N#Cc1ccc(N2CC3(C(=O)NCC4CNCCO4)CC3(C(F)(F)F)C2)c2cccnc12. The first-order valence-electron chi connectivity index (χ1n) is 10.5. The second-order valence-electron chi connectivity index (χ2n) is 8.75. The van der Waals surface area contributed by atoms with Gasteiger partial charge in [-0.2, -0.15) is 18.4 Å². The van der Waals surface area contributed by atoms with Gasteiger partial charge in [0.05, 0.1) is 29.2 Å². The summed E-state index contributed by atoms with van der Waals surface area (Å²) in [6, 6.07) is 8.70. The summed E-state index contributed by atoms with van der Waals surface area (Å²) in [7, 11) is 0. The smallest absolute Gasteiger partial charge is 0.374 e. The number of benzene rings is 1. The molecule has 5 rings (SSSR count). The van der Waals surface area contributed by atoms with E-state index in [9.17, 15) is 23.2 Å². The Hall–Kier alpha value is -2.90. The van der Waals surface area contributed by atoms with Crippen LogP contribution in [-0.2, 0) is 9.53 Å². The number of ether oxygens (including phenoxy) is 1. The fourth-order valence-electron chi connectivity index (χ4n) is 5.24. The number of fused-ring (bicyclic) bond motifs is 2. The lowest BCUT2D eigenvalue weighted by Gasteiger charge is -2.26. The molecule has 3 unspecified atom stereocenters. The number of pyridine rings is 1. The number of nitriles is 1. The molecule has 0 radical (unpaired) electrons. The van der Waals surface area contributed by atoms with Crippen molar-refractivity contribution < 1.29 is 22.7 Å². The van der Waals surface area contributed by atoms with E-state index in [4.69, 9.17) is 4.74 Å². The average molecular weight is 445 g/mol. The molecule has 3 aliphatic rings. The molecule has 3 atom stereocenters. The van der Waals surface area contributed by atoms with Crippen LogP contribution >= 0.6 is 0 Å². The number of halogens is 3. The van der Waals surface area contributed by atoms with E-state index in [1.807, 2.05) is 0 Å². The predicted molar refractivity (Wildman–Crippen MR) is 110 cm³/mol. The zero-order chi connectivity index (χ0) is 22.6. The molecular weight excluding hydrogens is 423 g/mol. The van der Waals surface area contributed by atoms with Crippen LogP contribution in [0.25, 0.3) is 10.9 Å². The van der Waals surface area contributed by atoms with E-state index in [0.717, 1.165) is 0 Å². The number of carbonyl (C=O) groups excluding carboxylic acids is 1. The van der Waals surface area contributed by atoms with Crippen molar-refractivity contribution in [3.8, 4) is 6.07 Å². The van der Waals surface area contributed by atoms with Crippen LogP contribution in [0.15, 0.2) is 30.5 Å². The van der Waals surface area contributed by atoms with Crippen LogP contribution in [0.2, 0.25) is 0 Å². The second kappa shape index (κ2) is 7.32. The summed E-state index contributed by atoms with van der Waals surface area (Å²) in [6.45, 7) is 1.60. The Kier molecular flexibility index (Phi) is 4.80. The third-order valence-electron chi connectivity index (χ3n) is 7.00. The highest BCUT2D eigenvalue weighted by Crippen LogP contribution is 2.75. The zero-order valence-electron chi connectivity index (χ0n) is 17.2. The van der Waals surface area contributed by atoms with E-state index in [1.54, 1.807) is 35.4 Å². The van der Waals surface area contributed by atoms with Gasteiger partial charge in [0.15, 0.2) is 0 Å². The Labute approximate surface area is 182 Å². The Morgan fingerprint density at radius 1 is 1.38 bits per heavy atom. The average Bonchev–Trinajstić information content (AvgIpc) is 3.35. The van der Waals surface area contributed by atoms with Crippen LogP contribution in [0.5, 0.6) is 0 Å². The standard InChI is InChI=1S/C22H22F3N5O2/c23-22(24,25)21-11-20(21,19(31)29-10-15-9-27-6-7-32-15)12-30(13-21)17-4-3-14(8-26)18-16(17)2-1-5-28-18/h1-5,15,27H,6-7,9-13H2,(H,29,31). The van der Waals surface area contributed by atoms with E-state index in [0.29, 0.717) is 41.9 Å². The van der Waals surface area contributed by atoms with Gasteiger partial charge in [0.1, 0.15) is 11.5 Å². The number of aromatic nitrogens is 1. The van der Waals surface area contributed by atoms with Gasteiger partial charge in [-0.05, 0) is 30.7 Å². The maximum absolute atomic E-state index is 14.2. The van der Waals surface area contributed by atoms with Gasteiger partial charge in [0.2, 0.25) is 5.91 Å². The number of alkyl halides is 3. The van der Waals surface area contributed by atoms with E-state index in [1.165, 1.54) is 0 Å². The zero-order valence-corrected chi connectivity index (χ0v) is 17.2. The Balaban J connectivity index is 1.44. The summed E-state index contributed by atoms with van der Waals surface area (Å²) >= 11 is 0. The lowest BCUT2D eigenvalue weighted by atomic mass is 9.94. The highest BCUT2D eigenvalue weighted by Gasteiger charge is 2.86. The highest BCUT2D eigenvalue weighted by atomic mass is 19.4. The topological polar surface area (TPSA) is 90.3 Å². The van der Waals surface area contributed by atoms with Gasteiger partial charge >= 0.3 is 6.18 Å². The van der Waals surface area contributed by atoms with Crippen molar-refractivity contribution in [1.82, 2.24) is 15.6 Å². The summed E-state index contributed by atoms with van der Waals surface area (Å²) in [5, 5.41) is 15.8. The molecule has 168 valence electrons. The third-order valence-corrected chi connectivity index (χ3v) is 7.00. The number of rotatable bonds is 4. The second-order valence-corrected chi connectivity index (χ2v) is 8.75. The van der Waals surface area contributed by atoms with Crippen LogP contribution in [0.4, 0.5) is 18.9 Å². The van der Waals surface area contributed by atoms with Gasteiger partial charge in [-0.25, -0.2) is 0 Å². The number of nitrogens with zero attached hydrogens (tertiary/aromatic N) is 3. The number of amides is 1. The molecule has 0 bridgehead atoms. The molecule has 2 saturated heterocycles. The van der Waals surface area contributed by atoms with Gasteiger partial charge in [-0.15, -0.1) is 0 Å². The third kappa shape index (κ3) is 3.03. The molecule has 3 heterocycles. The number of morpholine rings is 1. The van der Waals surface area contributed by atoms with Gasteiger partial charge in [0, 0.05) is 50.0 Å². The van der Waals surface area contributed by atoms with Crippen LogP contribution in [-0.4, -0.2) is 62.5 Å². The van der Waals surface area contributed by atoms with Crippen molar-refractivity contribution in [3.63, 3.8) is 0 Å². The Morgan fingerprint density at radius 3 is 2.94 bits per heavy atom. The first-order valence-corrected chi connectivity index (χ1v) is 10.5. The number of anilines is 1.